The van der Waals surface area contributed by atoms with E-state index in [1.807, 2.05) is 18.2 Å². The molecular weight excluding hydrogens is 402 g/mol. The summed E-state index contributed by atoms with van der Waals surface area (Å²) in [5, 5.41) is 21.8. The van der Waals surface area contributed by atoms with Crippen molar-refractivity contribution in [1.82, 2.24) is 15.5 Å². The maximum Gasteiger partial charge on any atom is 0.243 e. The molecule has 1 saturated carbocycles. The molecule has 7 nitrogen and oxygen atoms in total. The van der Waals surface area contributed by atoms with Crippen molar-refractivity contribution in [3.05, 3.63) is 42.0 Å². The summed E-state index contributed by atoms with van der Waals surface area (Å²) in [7, 11) is 3.63. The van der Waals surface area contributed by atoms with E-state index in [0.717, 1.165) is 30.6 Å². The number of hydrogen-bond acceptors (Lipinski definition) is 6. The lowest BCUT2D eigenvalue weighted by Gasteiger charge is -2.39. The third-order valence-electron chi connectivity index (χ3n) is 6.35. The van der Waals surface area contributed by atoms with Crippen molar-refractivity contribution in [2.75, 3.05) is 19.0 Å². The molecule has 1 aliphatic rings. The first-order chi connectivity index (χ1) is 15.2. The molecule has 1 aromatic carbocycles. The monoisotopic (exact) mass is 437 g/mol. The molecule has 32 heavy (non-hydrogen) atoms. The van der Waals surface area contributed by atoms with Crippen molar-refractivity contribution >= 4 is 17.8 Å². The van der Waals surface area contributed by atoms with Crippen LogP contribution < -0.4 is 16.0 Å². The average Bonchev–Trinajstić information content (AvgIpc) is 2.75. The first-order valence-corrected chi connectivity index (χ1v) is 11.3. The van der Waals surface area contributed by atoms with Crippen LogP contribution in [-0.4, -0.2) is 46.9 Å². The molecule has 3 rings (SSSR count). The average molecular weight is 438 g/mol. The van der Waals surface area contributed by atoms with E-state index >= 15 is 0 Å². The highest BCUT2D eigenvalue weighted by Gasteiger charge is 2.30. The molecule has 0 aliphatic heterocycles. The zero-order chi connectivity index (χ0) is 23.3. The van der Waals surface area contributed by atoms with Crippen molar-refractivity contribution in [3.63, 3.8) is 0 Å². The number of hydrogen-bond donors (Lipinski definition) is 3. The topological polar surface area (TPSA) is 104 Å². The molecule has 1 amide bonds. The van der Waals surface area contributed by atoms with Crippen LogP contribution in [0.3, 0.4) is 0 Å². The van der Waals surface area contributed by atoms with Crippen molar-refractivity contribution in [2.45, 2.75) is 57.5 Å². The van der Waals surface area contributed by atoms with E-state index < -0.39 is 0 Å². The number of nitrogens with zero attached hydrogens (tertiary/aromatic N) is 3. The van der Waals surface area contributed by atoms with Crippen LogP contribution in [0, 0.1) is 5.92 Å². The Labute approximate surface area is 190 Å². The Hall–Kier alpha value is -2.93. The predicted molar refractivity (Wildman–Crippen MR) is 129 cm³/mol. The minimum absolute atomic E-state index is 0.0900. The van der Waals surface area contributed by atoms with Crippen LogP contribution in [0.15, 0.2) is 36.4 Å². The number of rotatable bonds is 5. The van der Waals surface area contributed by atoms with Gasteiger partial charge in [-0.15, -0.1) is 10.2 Å². The first kappa shape index (κ1) is 23.7. The summed E-state index contributed by atoms with van der Waals surface area (Å²) in [5.41, 5.74) is 8.30. The van der Waals surface area contributed by atoms with E-state index in [9.17, 15) is 9.90 Å². The van der Waals surface area contributed by atoms with Gasteiger partial charge in [0.05, 0.1) is 5.69 Å². The lowest BCUT2D eigenvalue weighted by atomic mass is 9.80. The zero-order valence-electron chi connectivity index (χ0n) is 19.5. The Morgan fingerprint density at radius 3 is 2.75 bits per heavy atom. The van der Waals surface area contributed by atoms with Crippen LogP contribution in [0.4, 0.5) is 5.82 Å². The summed E-state index contributed by atoms with van der Waals surface area (Å²) in [6, 6.07) is 9.34. The minimum Gasteiger partial charge on any atom is -0.507 e. The van der Waals surface area contributed by atoms with Gasteiger partial charge >= 0.3 is 0 Å². The van der Waals surface area contributed by atoms with Gasteiger partial charge < -0.3 is 21.1 Å². The molecule has 4 N–H and O–H groups in total. The molecule has 0 unspecified atom stereocenters. The predicted octanol–water partition coefficient (Wildman–Crippen LogP) is 3.73. The van der Waals surface area contributed by atoms with Gasteiger partial charge in [0.25, 0.3) is 0 Å². The molecule has 3 atom stereocenters. The first-order valence-electron chi connectivity index (χ1n) is 11.3. The van der Waals surface area contributed by atoms with Gasteiger partial charge in [-0.2, -0.15) is 0 Å². The number of carbonyl (C=O) groups is 1. The van der Waals surface area contributed by atoms with E-state index in [0.29, 0.717) is 23.2 Å². The number of anilines is 1. The number of benzene rings is 1. The second kappa shape index (κ2) is 10.1. The summed E-state index contributed by atoms with van der Waals surface area (Å²) in [4.78, 5) is 13.6. The Balaban J connectivity index is 1.76. The normalized spacial score (nSPS) is 24.0. The molecular formula is C25H35N5O2. The molecule has 0 spiro atoms. The second-order valence-corrected chi connectivity index (χ2v) is 9.36. The number of carbonyl (C=O) groups excluding carboxylic acids is 1. The Morgan fingerprint density at radius 2 is 2.09 bits per heavy atom. The third-order valence-corrected chi connectivity index (χ3v) is 6.35. The Kier molecular flexibility index (Phi) is 7.51. The number of amides is 1. The molecule has 1 aliphatic carbocycles. The van der Waals surface area contributed by atoms with Gasteiger partial charge in [0.15, 0.2) is 5.82 Å². The summed E-state index contributed by atoms with van der Waals surface area (Å²) in [6.45, 7) is 4.46. The fourth-order valence-electron chi connectivity index (χ4n) is 4.42. The van der Waals surface area contributed by atoms with Crippen molar-refractivity contribution in [3.8, 4) is 17.0 Å². The number of phenolic OH excluding ortho intramolecular Hbond substituents is 1. The second-order valence-electron chi connectivity index (χ2n) is 9.36. The quantitative estimate of drug-likeness (QED) is 0.616. The van der Waals surface area contributed by atoms with Crippen LogP contribution in [-0.2, 0) is 4.79 Å². The molecule has 2 aromatic rings. The van der Waals surface area contributed by atoms with E-state index in [1.54, 1.807) is 25.3 Å². The molecule has 0 radical (unpaired) electrons. The molecule has 1 heterocycles. The smallest absolute Gasteiger partial charge is 0.243 e. The van der Waals surface area contributed by atoms with Crippen molar-refractivity contribution in [1.29, 1.82) is 0 Å². The summed E-state index contributed by atoms with van der Waals surface area (Å²) < 4.78 is 0. The van der Waals surface area contributed by atoms with Crippen LogP contribution in [0.2, 0.25) is 0 Å². The number of likely N-dealkylation sites (N-methyl/N-ethyl adjacent to an activating group) is 1. The maximum absolute atomic E-state index is 11.4. The standard InChI is InChI=1S/C25H35N5O2/c1-17-6-5-13-25(2,26)16-19(14-17)30(4)23-11-10-21(28-29-23)20-9-7-18(15-22(20)31)8-12-24(32)27-3/h7-12,15,17,19,31H,5-6,13-14,16,26H2,1-4H3,(H,27,32)/b12-8+/t17-,19-,25+/m0/s1. The lowest BCUT2D eigenvalue weighted by molar-refractivity contribution is -0.115. The summed E-state index contributed by atoms with van der Waals surface area (Å²) >= 11 is 0. The molecule has 1 aromatic heterocycles. The van der Waals surface area contributed by atoms with Crippen LogP contribution in [0.5, 0.6) is 5.75 Å². The molecule has 1 fully saturated rings. The van der Waals surface area contributed by atoms with Gasteiger partial charge in [-0.3, -0.25) is 4.79 Å². The molecule has 172 valence electrons. The van der Waals surface area contributed by atoms with Gasteiger partial charge in [0.2, 0.25) is 5.91 Å². The molecule has 7 heteroatoms. The fraction of sp³-hybridized carbons (Fsp3) is 0.480. The number of phenols is 1. The highest BCUT2D eigenvalue weighted by molar-refractivity contribution is 5.91. The van der Waals surface area contributed by atoms with E-state index in [2.05, 4.69) is 41.3 Å². The highest BCUT2D eigenvalue weighted by atomic mass is 16.3. The van der Waals surface area contributed by atoms with E-state index in [4.69, 9.17) is 5.73 Å². The summed E-state index contributed by atoms with van der Waals surface area (Å²) in [5.74, 6) is 1.34. The molecule has 0 bridgehead atoms. The number of nitrogens with two attached hydrogens (primary N) is 1. The number of aromatic hydroxyl groups is 1. The fourth-order valence-corrected chi connectivity index (χ4v) is 4.42. The van der Waals surface area contributed by atoms with Gasteiger partial charge in [-0.05, 0) is 68.0 Å². The zero-order valence-corrected chi connectivity index (χ0v) is 19.5. The number of nitrogens with one attached hydrogen (secondary N) is 1. The van der Waals surface area contributed by atoms with Crippen molar-refractivity contribution in [2.24, 2.45) is 11.7 Å². The van der Waals surface area contributed by atoms with Gasteiger partial charge in [0, 0.05) is 37.3 Å². The van der Waals surface area contributed by atoms with Crippen LogP contribution in [0.25, 0.3) is 17.3 Å². The Bertz CT molecular complexity index is 955. The van der Waals surface area contributed by atoms with Gasteiger partial charge in [-0.25, -0.2) is 0 Å². The highest BCUT2D eigenvalue weighted by Crippen LogP contribution is 2.32. The lowest BCUT2D eigenvalue weighted by Crippen LogP contribution is -2.46. The van der Waals surface area contributed by atoms with Crippen molar-refractivity contribution < 1.29 is 9.90 Å². The van der Waals surface area contributed by atoms with E-state index in [-0.39, 0.29) is 17.2 Å². The van der Waals surface area contributed by atoms with Crippen LogP contribution >= 0.6 is 0 Å². The third kappa shape index (κ3) is 6.07. The minimum atomic E-state index is -0.201. The Morgan fingerprint density at radius 1 is 1.31 bits per heavy atom. The van der Waals surface area contributed by atoms with Crippen LogP contribution in [0.1, 0.15) is 51.5 Å². The maximum atomic E-state index is 11.4. The number of aromatic nitrogens is 2. The SMILES string of the molecule is CNC(=O)/C=C/c1ccc(-c2ccc(N(C)[C@H]3C[C@@H](C)CCC[C@@](C)(N)C3)nn2)c(O)c1. The molecule has 0 saturated heterocycles. The largest absolute Gasteiger partial charge is 0.507 e. The van der Waals surface area contributed by atoms with E-state index in [1.165, 1.54) is 18.9 Å². The summed E-state index contributed by atoms with van der Waals surface area (Å²) in [6.07, 6.45) is 8.49. The van der Waals surface area contributed by atoms with Gasteiger partial charge in [0.1, 0.15) is 5.75 Å². The van der Waals surface area contributed by atoms with Gasteiger partial charge in [-0.1, -0.05) is 25.8 Å².